The number of pyridine rings is 1. The van der Waals surface area contributed by atoms with Gasteiger partial charge in [0.05, 0.1) is 11.3 Å². The van der Waals surface area contributed by atoms with Crippen molar-refractivity contribution in [2.75, 3.05) is 0 Å². The first-order valence-corrected chi connectivity index (χ1v) is 4.21. The molecule has 5 heteroatoms. The average Bonchev–Trinajstić information content (AvgIpc) is 2.07. The van der Waals surface area contributed by atoms with Crippen molar-refractivity contribution in [2.24, 2.45) is 0 Å². The predicted octanol–water partition coefficient (Wildman–Crippen LogP) is 2.96. The summed E-state index contributed by atoms with van der Waals surface area (Å²) >= 11 is 2.93. The number of rotatable bonds is 1. The quantitative estimate of drug-likeness (QED) is 0.764. The smallest absolute Gasteiger partial charge is 0.250 e. The molecular formula is C8H5BrF2N2. The molecule has 1 rings (SSSR count). The lowest BCUT2D eigenvalue weighted by atomic mass is 10.2. The van der Waals surface area contributed by atoms with Crippen LogP contribution in [0.15, 0.2) is 10.5 Å². The van der Waals surface area contributed by atoms with Gasteiger partial charge in [-0.25, -0.2) is 13.8 Å². The van der Waals surface area contributed by atoms with Crippen LogP contribution in [0, 0.1) is 18.3 Å². The molecule has 2 nitrogen and oxygen atoms in total. The lowest BCUT2D eigenvalue weighted by molar-refractivity contribution is 0.145. The van der Waals surface area contributed by atoms with Gasteiger partial charge >= 0.3 is 0 Å². The normalized spacial score (nSPS) is 10.2. The fourth-order valence-electron chi connectivity index (χ4n) is 0.866. The first-order chi connectivity index (χ1) is 6.06. The molecule has 0 aliphatic heterocycles. The largest absolute Gasteiger partial charge is 0.281 e. The Kier molecular flexibility index (Phi) is 2.94. The zero-order valence-corrected chi connectivity index (χ0v) is 8.27. The fraction of sp³-hybridized carbons (Fsp3) is 0.250. The number of aryl methyl sites for hydroxylation is 1. The summed E-state index contributed by atoms with van der Waals surface area (Å²) in [4.78, 5) is 3.62. The molecule has 0 saturated carbocycles. The topological polar surface area (TPSA) is 36.7 Å². The highest BCUT2D eigenvalue weighted by atomic mass is 79.9. The van der Waals surface area contributed by atoms with Crippen LogP contribution < -0.4 is 0 Å². The van der Waals surface area contributed by atoms with Crippen molar-refractivity contribution in [3.8, 4) is 6.07 Å². The predicted molar refractivity (Wildman–Crippen MR) is 46.3 cm³/mol. The Bertz CT molecular complexity index is 371. The Balaban J connectivity index is 3.31. The monoisotopic (exact) mass is 246 g/mol. The molecule has 1 aromatic rings. The van der Waals surface area contributed by atoms with Gasteiger partial charge in [-0.2, -0.15) is 5.26 Å². The molecule has 0 fully saturated rings. The highest BCUT2D eigenvalue weighted by Gasteiger charge is 2.15. The van der Waals surface area contributed by atoms with Gasteiger partial charge < -0.3 is 0 Å². The van der Waals surface area contributed by atoms with Gasteiger partial charge in [-0.15, -0.1) is 0 Å². The molecular weight excluding hydrogens is 242 g/mol. The first-order valence-electron chi connectivity index (χ1n) is 3.41. The van der Waals surface area contributed by atoms with Crippen LogP contribution in [-0.2, 0) is 0 Å². The third kappa shape index (κ3) is 2.01. The molecule has 13 heavy (non-hydrogen) atoms. The highest BCUT2D eigenvalue weighted by Crippen LogP contribution is 2.26. The van der Waals surface area contributed by atoms with E-state index in [1.165, 1.54) is 13.0 Å². The SMILES string of the molecule is Cc1nc(C(F)F)c(Br)cc1C#N. The number of hydrogen-bond donors (Lipinski definition) is 0. The van der Waals surface area contributed by atoms with E-state index in [0.29, 0.717) is 11.3 Å². The molecule has 0 atom stereocenters. The van der Waals surface area contributed by atoms with E-state index in [0.717, 1.165) is 0 Å². The molecule has 0 aliphatic rings. The molecule has 0 bridgehead atoms. The summed E-state index contributed by atoms with van der Waals surface area (Å²) in [6, 6.07) is 3.22. The summed E-state index contributed by atoms with van der Waals surface area (Å²) in [7, 11) is 0. The van der Waals surface area contributed by atoms with Gasteiger partial charge in [-0.05, 0) is 28.9 Å². The maximum atomic E-state index is 12.3. The molecule has 0 aromatic carbocycles. The number of alkyl halides is 2. The van der Waals surface area contributed by atoms with E-state index in [1.807, 2.05) is 6.07 Å². The maximum Gasteiger partial charge on any atom is 0.281 e. The summed E-state index contributed by atoms with van der Waals surface area (Å²) in [5.74, 6) is 0. The molecule has 0 unspecified atom stereocenters. The molecule has 0 aliphatic carbocycles. The lowest BCUT2D eigenvalue weighted by Gasteiger charge is -2.04. The van der Waals surface area contributed by atoms with Gasteiger partial charge in [0.25, 0.3) is 6.43 Å². The van der Waals surface area contributed by atoms with Crippen molar-refractivity contribution < 1.29 is 8.78 Å². The number of halogens is 3. The second kappa shape index (κ2) is 3.79. The van der Waals surface area contributed by atoms with E-state index in [2.05, 4.69) is 20.9 Å². The number of hydrogen-bond acceptors (Lipinski definition) is 2. The van der Waals surface area contributed by atoms with Gasteiger partial charge in [0.2, 0.25) is 0 Å². The first kappa shape index (κ1) is 10.1. The van der Waals surface area contributed by atoms with E-state index in [9.17, 15) is 8.78 Å². The van der Waals surface area contributed by atoms with Gasteiger partial charge in [-0.1, -0.05) is 0 Å². The summed E-state index contributed by atoms with van der Waals surface area (Å²) < 4.78 is 24.7. The third-order valence-electron chi connectivity index (χ3n) is 1.52. The Labute approximate surface area is 82.3 Å². The van der Waals surface area contributed by atoms with Crippen LogP contribution in [0.2, 0.25) is 0 Å². The molecule has 68 valence electrons. The van der Waals surface area contributed by atoms with Crippen LogP contribution in [0.4, 0.5) is 8.78 Å². The van der Waals surface area contributed by atoms with E-state index in [1.54, 1.807) is 0 Å². The van der Waals surface area contributed by atoms with Gasteiger partial charge in [0.1, 0.15) is 11.8 Å². The Morgan fingerprint density at radius 2 is 2.23 bits per heavy atom. The standard InChI is InChI=1S/C8H5BrF2N2/c1-4-5(3-12)2-6(9)7(13-4)8(10)11/h2,8H,1H3. The minimum atomic E-state index is -2.62. The van der Waals surface area contributed by atoms with Crippen molar-refractivity contribution in [2.45, 2.75) is 13.3 Å². The molecule has 1 heterocycles. The summed E-state index contributed by atoms with van der Waals surface area (Å²) in [5, 5.41) is 8.57. The molecule has 0 radical (unpaired) electrons. The van der Waals surface area contributed by atoms with Crippen molar-refractivity contribution in [1.82, 2.24) is 4.98 Å². The molecule has 0 spiro atoms. The minimum absolute atomic E-state index is 0.171. The van der Waals surface area contributed by atoms with Crippen molar-refractivity contribution in [3.63, 3.8) is 0 Å². The molecule has 1 aromatic heterocycles. The Morgan fingerprint density at radius 3 is 2.69 bits per heavy atom. The van der Waals surface area contributed by atoms with Crippen molar-refractivity contribution in [1.29, 1.82) is 5.26 Å². The molecule has 0 saturated heterocycles. The molecule has 0 amide bonds. The zero-order chi connectivity index (χ0) is 10.0. The van der Waals surface area contributed by atoms with E-state index in [4.69, 9.17) is 5.26 Å². The average molecular weight is 247 g/mol. The van der Waals surface area contributed by atoms with Crippen LogP contribution >= 0.6 is 15.9 Å². The van der Waals surface area contributed by atoms with Crippen LogP contribution in [0.3, 0.4) is 0 Å². The summed E-state index contributed by atoms with van der Waals surface area (Å²) in [6.07, 6.45) is -2.62. The van der Waals surface area contributed by atoms with Crippen LogP contribution in [-0.4, -0.2) is 4.98 Å². The van der Waals surface area contributed by atoms with Crippen LogP contribution in [0.1, 0.15) is 23.4 Å². The van der Waals surface area contributed by atoms with E-state index >= 15 is 0 Å². The minimum Gasteiger partial charge on any atom is -0.250 e. The number of nitriles is 1. The van der Waals surface area contributed by atoms with Gasteiger partial charge in [0, 0.05) is 4.47 Å². The van der Waals surface area contributed by atoms with E-state index < -0.39 is 6.43 Å². The highest BCUT2D eigenvalue weighted by molar-refractivity contribution is 9.10. The van der Waals surface area contributed by atoms with Gasteiger partial charge in [0.15, 0.2) is 0 Å². The molecule has 0 N–H and O–H groups in total. The lowest BCUT2D eigenvalue weighted by Crippen LogP contribution is -1.97. The van der Waals surface area contributed by atoms with Crippen molar-refractivity contribution in [3.05, 3.63) is 27.5 Å². The van der Waals surface area contributed by atoms with E-state index in [-0.39, 0.29) is 10.2 Å². The second-order valence-corrected chi connectivity index (χ2v) is 3.26. The van der Waals surface area contributed by atoms with Crippen LogP contribution in [0.25, 0.3) is 0 Å². The number of aromatic nitrogens is 1. The zero-order valence-electron chi connectivity index (χ0n) is 6.68. The maximum absolute atomic E-state index is 12.3. The summed E-state index contributed by atoms with van der Waals surface area (Å²) in [6.45, 7) is 1.52. The number of nitrogens with zero attached hydrogens (tertiary/aromatic N) is 2. The Hall–Kier alpha value is -1.02. The van der Waals surface area contributed by atoms with Crippen LogP contribution in [0.5, 0.6) is 0 Å². The van der Waals surface area contributed by atoms with Gasteiger partial charge in [-0.3, -0.25) is 0 Å². The Morgan fingerprint density at radius 1 is 1.62 bits per heavy atom. The second-order valence-electron chi connectivity index (χ2n) is 2.40. The fourth-order valence-corrected chi connectivity index (χ4v) is 1.36. The van der Waals surface area contributed by atoms with Crippen molar-refractivity contribution >= 4 is 15.9 Å². The third-order valence-corrected chi connectivity index (χ3v) is 2.16. The summed E-state index contributed by atoms with van der Waals surface area (Å²) in [5.41, 5.74) is 0.300.